The van der Waals surface area contributed by atoms with Gasteiger partial charge in [-0.3, -0.25) is 0 Å². The summed E-state index contributed by atoms with van der Waals surface area (Å²) in [5.74, 6) is -2.54. The van der Waals surface area contributed by atoms with Gasteiger partial charge in [-0.1, -0.05) is 105 Å². The molecule has 3 aromatic carbocycles. The predicted octanol–water partition coefficient (Wildman–Crippen LogP) is 8.97. The molecule has 1 unspecified atom stereocenters. The third kappa shape index (κ3) is 6.00. The van der Waals surface area contributed by atoms with Crippen LogP contribution in [0.4, 0.5) is 8.78 Å². The summed E-state index contributed by atoms with van der Waals surface area (Å²) < 4.78 is 42.4. The molecule has 0 fully saturated rings. The van der Waals surface area contributed by atoms with Gasteiger partial charge < -0.3 is 9.47 Å². The molecule has 0 saturated heterocycles. The maximum Gasteiger partial charge on any atom is 0.191 e. The first-order valence-corrected chi connectivity index (χ1v) is 12.9. The zero-order chi connectivity index (χ0) is 25.4. The van der Waals surface area contributed by atoms with Gasteiger partial charge in [0.2, 0.25) is 0 Å². The fourth-order valence-corrected chi connectivity index (χ4v) is 4.55. The van der Waals surface area contributed by atoms with Crippen LogP contribution in [0.15, 0.2) is 85.0 Å². The van der Waals surface area contributed by atoms with Crippen LogP contribution in [0, 0.1) is 11.6 Å². The highest BCUT2D eigenvalue weighted by atomic mass is 19.2. The SMILES string of the molecule is CCCCCCOC1(OCC)C=CC(c2ccc(-c3ccc(-c4ccccc4)cc3)c(F)c2F)=CC1. The Morgan fingerprint density at radius 2 is 1.39 bits per heavy atom. The van der Waals surface area contributed by atoms with Crippen molar-refractivity contribution in [2.24, 2.45) is 0 Å². The zero-order valence-corrected chi connectivity index (χ0v) is 21.1. The fraction of sp³-hybridized carbons (Fsp3) is 0.312. The standard InChI is InChI=1S/C32H34F2O2/c1-3-5-6-10-23-36-32(35-4-2)21-19-27(20-22-32)29-18-17-28(30(33)31(29)34)26-15-13-25(14-16-26)24-11-8-7-9-12-24/h7-9,11-21H,3-6,10,22-23H2,1-2H3. The Kier molecular flexibility index (Phi) is 8.84. The van der Waals surface area contributed by atoms with Crippen LogP contribution in [0.5, 0.6) is 0 Å². The third-order valence-corrected chi connectivity index (χ3v) is 6.55. The molecule has 1 aliphatic carbocycles. The van der Waals surface area contributed by atoms with E-state index in [2.05, 4.69) is 6.92 Å². The molecule has 188 valence electrons. The van der Waals surface area contributed by atoms with Gasteiger partial charge in [0.25, 0.3) is 0 Å². The summed E-state index contributed by atoms with van der Waals surface area (Å²) in [6.07, 6.45) is 10.4. The van der Waals surface area contributed by atoms with E-state index in [0.717, 1.165) is 24.0 Å². The van der Waals surface area contributed by atoms with Crippen molar-refractivity contribution >= 4 is 5.57 Å². The van der Waals surface area contributed by atoms with E-state index in [1.807, 2.05) is 73.7 Å². The quantitative estimate of drug-likeness (QED) is 0.198. The van der Waals surface area contributed by atoms with Crippen LogP contribution in [0.3, 0.4) is 0 Å². The highest BCUT2D eigenvalue weighted by Gasteiger charge is 2.30. The highest BCUT2D eigenvalue weighted by molar-refractivity contribution is 5.78. The number of benzene rings is 3. The van der Waals surface area contributed by atoms with Crippen molar-refractivity contribution in [3.05, 3.63) is 102 Å². The Hall–Kier alpha value is -3.08. The minimum Gasteiger partial charge on any atom is -0.346 e. The Labute approximate surface area is 213 Å². The van der Waals surface area contributed by atoms with E-state index in [4.69, 9.17) is 9.47 Å². The van der Waals surface area contributed by atoms with Crippen LogP contribution in [0.2, 0.25) is 0 Å². The normalized spacial score (nSPS) is 17.3. The van der Waals surface area contributed by atoms with Gasteiger partial charge in [-0.25, -0.2) is 8.78 Å². The minimum atomic E-state index is -0.847. The second-order valence-electron chi connectivity index (χ2n) is 9.08. The van der Waals surface area contributed by atoms with Crippen molar-refractivity contribution < 1.29 is 18.3 Å². The number of allylic oxidation sites excluding steroid dienone is 2. The number of ether oxygens (including phenoxy) is 2. The molecule has 0 aromatic heterocycles. The molecule has 0 spiro atoms. The lowest BCUT2D eigenvalue weighted by molar-refractivity contribution is -0.200. The maximum absolute atomic E-state index is 15.2. The van der Waals surface area contributed by atoms with Gasteiger partial charge in [0.1, 0.15) is 0 Å². The van der Waals surface area contributed by atoms with Crippen LogP contribution in [0.1, 0.15) is 51.5 Å². The summed E-state index contributed by atoms with van der Waals surface area (Å²) in [4.78, 5) is 0. The van der Waals surface area contributed by atoms with Crippen molar-refractivity contribution in [2.75, 3.05) is 13.2 Å². The molecule has 0 aliphatic heterocycles. The summed E-state index contributed by atoms with van der Waals surface area (Å²) >= 11 is 0. The average molecular weight is 489 g/mol. The van der Waals surface area contributed by atoms with Crippen molar-refractivity contribution in [2.45, 2.75) is 51.7 Å². The number of hydrogen-bond donors (Lipinski definition) is 0. The smallest absolute Gasteiger partial charge is 0.191 e. The number of hydrogen-bond acceptors (Lipinski definition) is 2. The lowest BCUT2D eigenvalue weighted by atomic mass is 9.93. The Morgan fingerprint density at radius 1 is 0.722 bits per heavy atom. The molecule has 0 saturated carbocycles. The molecule has 1 aliphatic rings. The van der Waals surface area contributed by atoms with Crippen molar-refractivity contribution in [3.63, 3.8) is 0 Å². The molecule has 0 radical (unpaired) electrons. The molecule has 0 bridgehead atoms. The minimum absolute atomic E-state index is 0.237. The first kappa shape index (κ1) is 26.0. The molecule has 2 nitrogen and oxygen atoms in total. The van der Waals surface area contributed by atoms with Gasteiger partial charge in [-0.2, -0.15) is 0 Å². The molecule has 3 aromatic rings. The maximum atomic E-state index is 15.2. The van der Waals surface area contributed by atoms with E-state index >= 15 is 8.78 Å². The summed E-state index contributed by atoms with van der Waals surface area (Å²) in [7, 11) is 0. The molecule has 4 rings (SSSR count). The van der Waals surface area contributed by atoms with Gasteiger partial charge in [-0.15, -0.1) is 0 Å². The second kappa shape index (κ2) is 12.2. The summed E-state index contributed by atoms with van der Waals surface area (Å²) in [5.41, 5.74) is 3.85. The second-order valence-corrected chi connectivity index (χ2v) is 9.08. The van der Waals surface area contributed by atoms with Gasteiger partial charge in [-0.05, 0) is 41.7 Å². The van der Waals surface area contributed by atoms with E-state index in [1.165, 1.54) is 12.8 Å². The van der Waals surface area contributed by atoms with Crippen molar-refractivity contribution in [1.29, 1.82) is 0 Å². The number of rotatable bonds is 11. The zero-order valence-electron chi connectivity index (χ0n) is 21.1. The Bertz CT molecular complexity index is 1200. The van der Waals surface area contributed by atoms with Crippen LogP contribution in [-0.2, 0) is 9.47 Å². The first-order chi connectivity index (χ1) is 17.6. The van der Waals surface area contributed by atoms with Gasteiger partial charge >= 0.3 is 0 Å². The first-order valence-electron chi connectivity index (χ1n) is 12.9. The van der Waals surface area contributed by atoms with Crippen molar-refractivity contribution in [1.82, 2.24) is 0 Å². The Balaban J connectivity index is 1.50. The van der Waals surface area contributed by atoms with E-state index in [1.54, 1.807) is 18.2 Å². The average Bonchev–Trinajstić information content (AvgIpc) is 2.92. The monoisotopic (exact) mass is 488 g/mol. The van der Waals surface area contributed by atoms with Crippen LogP contribution in [0.25, 0.3) is 27.8 Å². The Morgan fingerprint density at radius 3 is 2.06 bits per heavy atom. The fourth-order valence-electron chi connectivity index (χ4n) is 4.55. The molecule has 0 heterocycles. The third-order valence-electron chi connectivity index (χ3n) is 6.55. The van der Waals surface area contributed by atoms with Gasteiger partial charge in [0.05, 0.1) is 6.61 Å². The molecular weight excluding hydrogens is 454 g/mol. The van der Waals surface area contributed by atoms with E-state index in [9.17, 15) is 0 Å². The summed E-state index contributed by atoms with van der Waals surface area (Å²) in [5, 5.41) is 0. The van der Waals surface area contributed by atoms with Gasteiger partial charge in [0, 0.05) is 24.2 Å². The molecule has 4 heteroatoms. The molecule has 36 heavy (non-hydrogen) atoms. The largest absolute Gasteiger partial charge is 0.346 e. The van der Waals surface area contributed by atoms with E-state index < -0.39 is 17.4 Å². The lowest BCUT2D eigenvalue weighted by Crippen LogP contribution is -2.35. The van der Waals surface area contributed by atoms with Crippen LogP contribution >= 0.6 is 0 Å². The van der Waals surface area contributed by atoms with Gasteiger partial charge in [0.15, 0.2) is 17.4 Å². The molecular formula is C32H34F2O2. The molecule has 0 amide bonds. The number of halogens is 2. The predicted molar refractivity (Wildman–Crippen MR) is 143 cm³/mol. The summed E-state index contributed by atoms with van der Waals surface area (Å²) in [6.45, 7) is 5.21. The van der Waals surface area contributed by atoms with E-state index in [-0.39, 0.29) is 11.1 Å². The summed E-state index contributed by atoms with van der Waals surface area (Å²) in [6, 6.07) is 20.8. The molecule has 0 N–H and O–H groups in total. The lowest BCUT2D eigenvalue weighted by Gasteiger charge is -2.32. The molecule has 1 atom stereocenters. The highest BCUT2D eigenvalue weighted by Crippen LogP contribution is 2.35. The van der Waals surface area contributed by atoms with E-state index in [0.29, 0.717) is 30.8 Å². The van der Waals surface area contributed by atoms with Crippen LogP contribution in [-0.4, -0.2) is 19.0 Å². The topological polar surface area (TPSA) is 18.5 Å². The van der Waals surface area contributed by atoms with Crippen LogP contribution < -0.4 is 0 Å². The number of unbranched alkanes of at least 4 members (excludes halogenated alkanes) is 3. The van der Waals surface area contributed by atoms with Crippen molar-refractivity contribution in [3.8, 4) is 22.3 Å².